The van der Waals surface area contributed by atoms with E-state index < -0.39 is 11.6 Å². The second-order valence-electron chi connectivity index (χ2n) is 7.40. The van der Waals surface area contributed by atoms with Gasteiger partial charge in [-0.15, -0.1) is 0 Å². The Labute approximate surface area is 159 Å². The number of urea groups is 1. The molecular weight excluding hydrogens is 346 g/mol. The van der Waals surface area contributed by atoms with E-state index in [9.17, 15) is 14.4 Å². The third kappa shape index (κ3) is 3.69. The third-order valence-corrected chi connectivity index (χ3v) is 5.13. The smallest absolute Gasteiger partial charge is 0.325 e. The minimum atomic E-state index is -1.10. The molecule has 0 bridgehead atoms. The van der Waals surface area contributed by atoms with Crippen LogP contribution in [0.1, 0.15) is 39.2 Å². The largest absolute Gasteiger partial charge is 0.372 e. The van der Waals surface area contributed by atoms with Gasteiger partial charge in [-0.25, -0.2) is 4.79 Å². The van der Waals surface area contributed by atoms with E-state index in [2.05, 4.69) is 5.32 Å². The molecule has 4 amide bonds. The number of rotatable bonds is 5. The van der Waals surface area contributed by atoms with Gasteiger partial charge in [0.05, 0.1) is 12.2 Å². The highest BCUT2D eigenvalue weighted by Crippen LogP contribution is 2.33. The summed E-state index contributed by atoms with van der Waals surface area (Å²) in [6, 6.07) is 8.72. The van der Waals surface area contributed by atoms with Crippen molar-refractivity contribution in [3.05, 3.63) is 35.9 Å². The molecular formula is C20H27N3O4. The van der Waals surface area contributed by atoms with Crippen LogP contribution in [-0.4, -0.2) is 59.5 Å². The number of morpholine rings is 1. The number of hydrogen-bond acceptors (Lipinski definition) is 4. The van der Waals surface area contributed by atoms with Crippen LogP contribution in [0, 0.1) is 0 Å². The van der Waals surface area contributed by atoms with Crippen molar-refractivity contribution in [2.45, 2.75) is 51.4 Å². The maximum atomic E-state index is 13.2. The van der Waals surface area contributed by atoms with Crippen LogP contribution in [0.5, 0.6) is 0 Å². The lowest BCUT2D eigenvalue weighted by Gasteiger charge is -2.36. The molecule has 0 aliphatic carbocycles. The lowest BCUT2D eigenvalue weighted by atomic mass is 9.85. The molecule has 2 heterocycles. The fraction of sp³-hybridized carbons (Fsp3) is 0.550. The summed E-state index contributed by atoms with van der Waals surface area (Å²) < 4.78 is 5.65. The van der Waals surface area contributed by atoms with Gasteiger partial charge in [0.2, 0.25) is 5.91 Å². The van der Waals surface area contributed by atoms with Crippen molar-refractivity contribution in [1.82, 2.24) is 15.1 Å². The van der Waals surface area contributed by atoms with E-state index >= 15 is 0 Å². The maximum Gasteiger partial charge on any atom is 0.325 e. The van der Waals surface area contributed by atoms with Gasteiger partial charge in [-0.3, -0.25) is 14.5 Å². The molecule has 3 atom stereocenters. The van der Waals surface area contributed by atoms with E-state index in [1.807, 2.05) is 51.1 Å². The molecule has 146 valence electrons. The average Bonchev–Trinajstić information content (AvgIpc) is 2.87. The number of imide groups is 1. The van der Waals surface area contributed by atoms with E-state index in [0.717, 1.165) is 16.9 Å². The topological polar surface area (TPSA) is 79.0 Å². The number of carbonyl (C=O) groups is 3. The van der Waals surface area contributed by atoms with Crippen molar-refractivity contribution in [2.24, 2.45) is 0 Å². The number of hydrogen-bond donors (Lipinski definition) is 1. The molecule has 2 saturated heterocycles. The van der Waals surface area contributed by atoms with Crippen molar-refractivity contribution in [3.8, 4) is 0 Å². The van der Waals surface area contributed by atoms with Crippen LogP contribution in [-0.2, 0) is 19.9 Å². The van der Waals surface area contributed by atoms with E-state index in [1.54, 1.807) is 4.90 Å². The Morgan fingerprint density at radius 3 is 2.41 bits per heavy atom. The summed E-state index contributed by atoms with van der Waals surface area (Å²) in [6.45, 7) is 6.46. The van der Waals surface area contributed by atoms with Gasteiger partial charge >= 0.3 is 6.03 Å². The monoisotopic (exact) mass is 373 g/mol. The first-order chi connectivity index (χ1) is 12.9. The van der Waals surface area contributed by atoms with Crippen LogP contribution in [0.15, 0.2) is 30.3 Å². The summed E-state index contributed by atoms with van der Waals surface area (Å²) >= 11 is 0. The highest BCUT2D eigenvalue weighted by atomic mass is 16.5. The zero-order valence-corrected chi connectivity index (χ0v) is 16.1. The van der Waals surface area contributed by atoms with Crippen LogP contribution in [0.4, 0.5) is 4.79 Å². The zero-order chi connectivity index (χ0) is 19.6. The molecule has 0 unspecified atom stereocenters. The number of amides is 4. The van der Waals surface area contributed by atoms with Gasteiger partial charge in [-0.05, 0) is 25.8 Å². The molecule has 0 radical (unpaired) electrons. The Bertz CT molecular complexity index is 713. The number of benzene rings is 1. The van der Waals surface area contributed by atoms with E-state index in [0.29, 0.717) is 19.5 Å². The molecule has 7 nitrogen and oxygen atoms in total. The molecule has 0 aromatic heterocycles. The van der Waals surface area contributed by atoms with Crippen LogP contribution in [0.25, 0.3) is 0 Å². The van der Waals surface area contributed by atoms with Crippen LogP contribution in [0.2, 0.25) is 0 Å². The highest BCUT2D eigenvalue weighted by Gasteiger charge is 2.52. The summed E-state index contributed by atoms with van der Waals surface area (Å²) in [5, 5.41) is 2.85. The zero-order valence-electron chi connectivity index (χ0n) is 16.1. The van der Waals surface area contributed by atoms with Crippen molar-refractivity contribution in [1.29, 1.82) is 0 Å². The summed E-state index contributed by atoms with van der Waals surface area (Å²) in [5.74, 6) is -0.593. The van der Waals surface area contributed by atoms with Crippen LogP contribution < -0.4 is 5.32 Å². The Morgan fingerprint density at radius 2 is 1.81 bits per heavy atom. The van der Waals surface area contributed by atoms with Gasteiger partial charge in [-0.2, -0.15) is 0 Å². The van der Waals surface area contributed by atoms with Gasteiger partial charge < -0.3 is 15.0 Å². The average molecular weight is 373 g/mol. The van der Waals surface area contributed by atoms with Gasteiger partial charge in [-0.1, -0.05) is 43.7 Å². The van der Waals surface area contributed by atoms with Crippen molar-refractivity contribution < 1.29 is 19.1 Å². The first-order valence-electron chi connectivity index (χ1n) is 9.50. The van der Waals surface area contributed by atoms with Crippen LogP contribution in [0.3, 0.4) is 0 Å². The highest BCUT2D eigenvalue weighted by molar-refractivity contribution is 6.09. The fourth-order valence-corrected chi connectivity index (χ4v) is 3.99. The van der Waals surface area contributed by atoms with Gasteiger partial charge in [0.15, 0.2) is 0 Å². The summed E-state index contributed by atoms with van der Waals surface area (Å²) in [4.78, 5) is 41.3. The molecule has 1 aromatic carbocycles. The summed E-state index contributed by atoms with van der Waals surface area (Å²) in [7, 11) is 0. The van der Waals surface area contributed by atoms with Crippen molar-refractivity contribution >= 4 is 17.8 Å². The lowest BCUT2D eigenvalue weighted by molar-refractivity contribution is -0.147. The van der Waals surface area contributed by atoms with E-state index in [1.165, 1.54) is 0 Å². The minimum absolute atomic E-state index is 0.0655. The molecule has 2 aliphatic rings. The quantitative estimate of drug-likeness (QED) is 0.799. The minimum Gasteiger partial charge on any atom is -0.372 e. The van der Waals surface area contributed by atoms with Crippen molar-refractivity contribution in [2.75, 3.05) is 19.6 Å². The fourth-order valence-electron chi connectivity index (χ4n) is 3.99. The summed E-state index contributed by atoms with van der Waals surface area (Å²) in [5.41, 5.74) is -0.354. The molecule has 3 rings (SSSR count). The first-order valence-corrected chi connectivity index (χ1v) is 9.50. The Balaban J connectivity index is 1.80. The van der Waals surface area contributed by atoms with E-state index in [-0.39, 0.29) is 30.6 Å². The number of nitrogens with one attached hydrogen (secondary N) is 1. The predicted molar refractivity (Wildman–Crippen MR) is 99.9 cm³/mol. The third-order valence-electron chi connectivity index (χ3n) is 5.13. The first kappa shape index (κ1) is 19.4. The second-order valence-corrected chi connectivity index (χ2v) is 7.40. The van der Waals surface area contributed by atoms with E-state index in [4.69, 9.17) is 4.74 Å². The molecule has 27 heavy (non-hydrogen) atoms. The standard InChI is InChI=1S/C20H27N3O4/c1-4-10-20(16-8-6-5-7-9-16)18(25)23(19(26)21-20)13-17(24)22-11-14(2)27-15(3)12-22/h5-9,14-15H,4,10-13H2,1-3H3,(H,21,26)/t14-,15-,20+/m0/s1. The molecule has 2 aliphatic heterocycles. The predicted octanol–water partition coefficient (Wildman–Crippen LogP) is 1.87. The Morgan fingerprint density at radius 1 is 1.19 bits per heavy atom. The Kier molecular flexibility index (Phi) is 5.51. The number of nitrogens with zero attached hydrogens (tertiary/aromatic N) is 2. The van der Waals surface area contributed by atoms with Crippen molar-refractivity contribution in [3.63, 3.8) is 0 Å². The van der Waals surface area contributed by atoms with Gasteiger partial charge in [0.25, 0.3) is 5.91 Å². The molecule has 0 spiro atoms. The molecule has 0 saturated carbocycles. The number of ether oxygens (including phenoxy) is 1. The van der Waals surface area contributed by atoms with Gasteiger partial charge in [0, 0.05) is 13.1 Å². The molecule has 1 N–H and O–H groups in total. The molecule has 7 heteroatoms. The normalized spacial score (nSPS) is 28.4. The number of carbonyl (C=O) groups excluding carboxylic acids is 3. The van der Waals surface area contributed by atoms with Gasteiger partial charge in [0.1, 0.15) is 12.1 Å². The molecule has 1 aromatic rings. The lowest BCUT2D eigenvalue weighted by Crippen LogP contribution is -2.52. The van der Waals surface area contributed by atoms with Crippen LogP contribution >= 0.6 is 0 Å². The summed E-state index contributed by atoms with van der Waals surface area (Å²) in [6.07, 6.45) is 1.08. The Hall–Kier alpha value is -2.41. The SMILES string of the molecule is CCC[C@]1(c2ccccc2)NC(=O)N(CC(=O)N2C[C@H](C)O[C@@H](C)C2)C1=O. The maximum absolute atomic E-state index is 13.2. The second kappa shape index (κ2) is 7.68. The molecule has 2 fully saturated rings.